The second kappa shape index (κ2) is 21.6. The summed E-state index contributed by atoms with van der Waals surface area (Å²) in [6, 6.07) is 0. The number of unbranched alkanes of at least 4 members (excludes halogenated alkanes) is 14. The summed E-state index contributed by atoms with van der Waals surface area (Å²) in [5.74, 6) is -1.28. The van der Waals surface area contributed by atoms with E-state index in [0.29, 0.717) is 6.42 Å². The topological polar surface area (TPSA) is 74.6 Å². The van der Waals surface area contributed by atoms with Crippen molar-refractivity contribution in [3.8, 4) is 0 Å². The third-order valence-corrected chi connectivity index (χ3v) is 5.95. The lowest BCUT2D eigenvalue weighted by Gasteiger charge is -2.16. The van der Waals surface area contributed by atoms with Gasteiger partial charge >= 0.3 is 11.9 Å². The van der Waals surface area contributed by atoms with Crippen LogP contribution in [-0.2, 0) is 9.59 Å². The minimum atomic E-state index is -0.653. The Kier molecular flexibility index (Phi) is 20.9. The van der Waals surface area contributed by atoms with Crippen LogP contribution < -0.4 is 0 Å². The maximum atomic E-state index is 10.4. The fourth-order valence-electron chi connectivity index (χ4n) is 4.00. The summed E-state index contributed by atoms with van der Waals surface area (Å²) in [5.41, 5.74) is 0. The van der Waals surface area contributed by atoms with Gasteiger partial charge in [0.1, 0.15) is 0 Å². The van der Waals surface area contributed by atoms with Crippen LogP contribution in [0.2, 0.25) is 0 Å². The Morgan fingerprint density at radius 3 is 1.31 bits per heavy atom. The molecule has 2 N–H and O–H groups in total. The first-order valence-corrected chi connectivity index (χ1v) is 12.5. The molecular formula is C25H48O4. The summed E-state index contributed by atoms with van der Waals surface area (Å²) in [6.07, 6.45) is 25.4. The normalized spacial score (nSPS) is 14.2. The number of hydrogen-bond acceptors (Lipinski definition) is 2. The van der Waals surface area contributed by atoms with E-state index >= 15 is 0 Å². The van der Waals surface area contributed by atoms with Gasteiger partial charge in [-0.1, -0.05) is 116 Å². The lowest BCUT2D eigenvalue weighted by molar-refractivity contribution is -0.142. The zero-order valence-corrected chi connectivity index (χ0v) is 19.1. The lowest BCUT2D eigenvalue weighted by Crippen LogP contribution is -2.16. The van der Waals surface area contributed by atoms with Gasteiger partial charge in [-0.2, -0.15) is 0 Å². The molecule has 0 unspecified atom stereocenters. The standard InChI is InChI=1S/C18H36O2.C7H12O2/c1-2-3-4-5-6-7-8-9-10-11-12-13-14-15-16-17-18(19)20;8-7(9)6-4-2-1-3-5-6/h2-17H2,1H3,(H,19,20);6H,1-5H2,(H,8,9). The van der Waals surface area contributed by atoms with Crippen molar-refractivity contribution in [2.75, 3.05) is 0 Å². The number of carboxylic acid groups (broad SMARTS) is 2. The fourth-order valence-corrected chi connectivity index (χ4v) is 4.00. The Bertz CT molecular complexity index is 375. The third-order valence-electron chi connectivity index (χ3n) is 5.95. The molecule has 1 saturated carbocycles. The summed E-state index contributed by atoms with van der Waals surface area (Å²) in [7, 11) is 0. The van der Waals surface area contributed by atoms with Crippen molar-refractivity contribution in [1.29, 1.82) is 0 Å². The van der Waals surface area contributed by atoms with E-state index in [2.05, 4.69) is 6.92 Å². The fraction of sp³-hybridized carbons (Fsp3) is 0.920. The van der Waals surface area contributed by atoms with Crippen LogP contribution in [0.5, 0.6) is 0 Å². The van der Waals surface area contributed by atoms with Crippen LogP contribution in [0, 0.1) is 5.92 Å². The molecule has 4 heteroatoms. The second-order valence-corrected chi connectivity index (χ2v) is 8.77. The van der Waals surface area contributed by atoms with Gasteiger partial charge in [0.2, 0.25) is 0 Å². The minimum absolute atomic E-state index is 0.0289. The number of carbonyl (C=O) groups is 2. The minimum Gasteiger partial charge on any atom is -0.481 e. The zero-order valence-electron chi connectivity index (χ0n) is 19.1. The molecule has 0 radical (unpaired) electrons. The van der Waals surface area contributed by atoms with Gasteiger partial charge in [-0.15, -0.1) is 0 Å². The van der Waals surface area contributed by atoms with Gasteiger partial charge < -0.3 is 10.2 Å². The van der Waals surface area contributed by atoms with E-state index in [9.17, 15) is 9.59 Å². The van der Waals surface area contributed by atoms with Crippen LogP contribution in [0.25, 0.3) is 0 Å². The van der Waals surface area contributed by atoms with E-state index in [1.54, 1.807) is 0 Å². The first-order chi connectivity index (χ1) is 14.1. The van der Waals surface area contributed by atoms with Gasteiger partial charge in [0.25, 0.3) is 0 Å². The number of carboxylic acids is 2. The SMILES string of the molecule is CCCCCCCCCCCCCCCCCC(=O)O.O=C(O)C1CCCCC1. The molecule has 1 aliphatic carbocycles. The Hall–Kier alpha value is -1.06. The van der Waals surface area contributed by atoms with Gasteiger partial charge in [-0.05, 0) is 19.3 Å². The number of rotatable bonds is 17. The van der Waals surface area contributed by atoms with Crippen LogP contribution in [0.15, 0.2) is 0 Å². The highest BCUT2D eigenvalue weighted by molar-refractivity contribution is 5.69. The summed E-state index contributed by atoms with van der Waals surface area (Å²) < 4.78 is 0. The number of hydrogen-bond donors (Lipinski definition) is 2. The van der Waals surface area contributed by atoms with Crippen LogP contribution in [0.4, 0.5) is 0 Å². The molecule has 0 amide bonds. The van der Waals surface area contributed by atoms with Crippen molar-refractivity contribution in [1.82, 2.24) is 0 Å². The summed E-state index contributed by atoms with van der Waals surface area (Å²) in [4.78, 5) is 20.7. The molecule has 4 nitrogen and oxygen atoms in total. The molecule has 0 aromatic carbocycles. The molecule has 0 aromatic rings. The molecule has 0 bridgehead atoms. The molecule has 0 saturated heterocycles. The molecule has 1 aliphatic rings. The van der Waals surface area contributed by atoms with Crippen LogP contribution in [0.1, 0.15) is 142 Å². The van der Waals surface area contributed by atoms with E-state index in [1.807, 2.05) is 0 Å². The third kappa shape index (κ3) is 21.5. The molecule has 0 atom stereocenters. The molecule has 0 aromatic heterocycles. The quantitative estimate of drug-likeness (QED) is 0.237. The van der Waals surface area contributed by atoms with Gasteiger partial charge in [0.05, 0.1) is 5.92 Å². The van der Waals surface area contributed by atoms with Crippen molar-refractivity contribution in [2.45, 2.75) is 142 Å². The summed E-state index contributed by atoms with van der Waals surface area (Å²) in [6.45, 7) is 2.27. The molecule has 29 heavy (non-hydrogen) atoms. The maximum absolute atomic E-state index is 10.4. The van der Waals surface area contributed by atoms with Crippen molar-refractivity contribution >= 4 is 11.9 Å². The van der Waals surface area contributed by atoms with Gasteiger partial charge in [-0.3, -0.25) is 9.59 Å². The second-order valence-electron chi connectivity index (χ2n) is 8.77. The maximum Gasteiger partial charge on any atom is 0.306 e. The average molecular weight is 413 g/mol. The highest BCUT2D eigenvalue weighted by Crippen LogP contribution is 2.23. The summed E-state index contributed by atoms with van der Waals surface area (Å²) >= 11 is 0. The van der Waals surface area contributed by atoms with E-state index in [-0.39, 0.29) is 5.92 Å². The Balaban J connectivity index is 0.000000717. The van der Waals surface area contributed by atoms with Gasteiger partial charge in [0, 0.05) is 6.42 Å². The lowest BCUT2D eigenvalue weighted by atomic mass is 9.90. The largest absolute Gasteiger partial charge is 0.481 e. The van der Waals surface area contributed by atoms with Crippen LogP contribution in [-0.4, -0.2) is 22.2 Å². The van der Waals surface area contributed by atoms with Gasteiger partial charge in [-0.25, -0.2) is 0 Å². The van der Waals surface area contributed by atoms with Crippen LogP contribution >= 0.6 is 0 Å². The average Bonchev–Trinajstić information content (AvgIpc) is 2.72. The molecule has 172 valence electrons. The van der Waals surface area contributed by atoms with E-state index in [1.165, 1.54) is 89.9 Å². The Morgan fingerprint density at radius 2 is 1.00 bits per heavy atom. The monoisotopic (exact) mass is 412 g/mol. The number of aliphatic carboxylic acids is 2. The Morgan fingerprint density at radius 1 is 0.621 bits per heavy atom. The molecule has 0 spiro atoms. The van der Waals surface area contributed by atoms with Crippen molar-refractivity contribution in [2.24, 2.45) is 5.92 Å². The molecular weight excluding hydrogens is 364 g/mol. The van der Waals surface area contributed by atoms with Crippen molar-refractivity contribution in [3.05, 3.63) is 0 Å². The highest BCUT2D eigenvalue weighted by Gasteiger charge is 2.19. The van der Waals surface area contributed by atoms with Gasteiger partial charge in [0.15, 0.2) is 0 Å². The first-order valence-electron chi connectivity index (χ1n) is 12.5. The molecule has 0 aliphatic heterocycles. The predicted molar refractivity (Wildman–Crippen MR) is 121 cm³/mol. The predicted octanol–water partition coefficient (Wildman–Crippen LogP) is 7.98. The molecule has 0 heterocycles. The summed E-state index contributed by atoms with van der Waals surface area (Å²) in [5, 5.41) is 17.1. The molecule has 1 fully saturated rings. The first kappa shape index (κ1) is 27.9. The van der Waals surface area contributed by atoms with E-state index in [0.717, 1.165) is 38.5 Å². The van der Waals surface area contributed by atoms with E-state index < -0.39 is 11.9 Å². The highest BCUT2D eigenvalue weighted by atomic mass is 16.4. The Labute approximate surface area is 179 Å². The van der Waals surface area contributed by atoms with E-state index in [4.69, 9.17) is 10.2 Å². The van der Waals surface area contributed by atoms with Crippen LogP contribution in [0.3, 0.4) is 0 Å². The molecule has 1 rings (SSSR count). The van der Waals surface area contributed by atoms with Crippen molar-refractivity contribution in [3.63, 3.8) is 0 Å². The zero-order chi connectivity index (χ0) is 21.6. The smallest absolute Gasteiger partial charge is 0.306 e. The van der Waals surface area contributed by atoms with Crippen molar-refractivity contribution < 1.29 is 19.8 Å².